The molecule has 1 aliphatic heterocycles. The summed E-state index contributed by atoms with van der Waals surface area (Å²) in [4.78, 5) is 13.8. The molecule has 2 heterocycles. The number of rotatable bonds is 1. The van der Waals surface area contributed by atoms with E-state index >= 15 is 0 Å². The topological polar surface area (TPSA) is 61.9 Å². The molecule has 0 radical (unpaired) electrons. The zero-order valence-electron chi connectivity index (χ0n) is 6.90. The third kappa shape index (κ3) is 1.72. The van der Waals surface area contributed by atoms with Crippen LogP contribution in [0.25, 0.3) is 0 Å². The summed E-state index contributed by atoms with van der Waals surface area (Å²) in [7, 11) is 0. The summed E-state index contributed by atoms with van der Waals surface area (Å²) in [5, 5.41) is 9.77. The summed E-state index contributed by atoms with van der Waals surface area (Å²) in [6, 6.07) is 0. The van der Waals surface area contributed by atoms with Crippen LogP contribution in [0.2, 0.25) is 0 Å². The summed E-state index contributed by atoms with van der Waals surface area (Å²) in [5.74, 6) is -0.0456. The highest BCUT2D eigenvalue weighted by Crippen LogP contribution is 2.17. The molecular weight excluding hydrogens is 236 g/mol. The number of nitrogens with one attached hydrogen (secondary N) is 1. The maximum Gasteiger partial charge on any atom is 0.276 e. The molecule has 1 aromatic rings. The first-order valence-electron chi connectivity index (χ1n) is 4.06. The molecule has 6 heteroatoms. The van der Waals surface area contributed by atoms with Crippen LogP contribution in [0.1, 0.15) is 16.9 Å². The third-order valence-electron chi connectivity index (χ3n) is 2.05. The third-order valence-corrected chi connectivity index (χ3v) is 2.80. The summed E-state index contributed by atoms with van der Waals surface area (Å²) < 4.78 is 0. The highest BCUT2D eigenvalue weighted by molar-refractivity contribution is 9.09. The molecule has 1 aliphatic rings. The highest BCUT2D eigenvalue weighted by atomic mass is 79.9. The molecule has 0 aromatic carbocycles. The van der Waals surface area contributed by atoms with Crippen LogP contribution in [0, 0.1) is 0 Å². The summed E-state index contributed by atoms with van der Waals surface area (Å²) in [6.45, 7) is 1.55. The van der Waals surface area contributed by atoms with Gasteiger partial charge in [0.2, 0.25) is 0 Å². The number of carbonyl (C=O) groups excluding carboxylic acids is 1. The van der Waals surface area contributed by atoms with Gasteiger partial charge >= 0.3 is 0 Å². The number of likely N-dealkylation sites (tertiary alicyclic amines) is 1. The van der Waals surface area contributed by atoms with Crippen molar-refractivity contribution in [3.05, 3.63) is 11.9 Å². The van der Waals surface area contributed by atoms with Gasteiger partial charge in [-0.25, -0.2) is 0 Å². The average molecular weight is 245 g/mol. The van der Waals surface area contributed by atoms with Crippen LogP contribution in [0.4, 0.5) is 0 Å². The lowest BCUT2D eigenvalue weighted by molar-refractivity contribution is 0.0787. The Balaban J connectivity index is 2.06. The van der Waals surface area contributed by atoms with E-state index in [-0.39, 0.29) is 5.91 Å². The molecule has 1 unspecified atom stereocenters. The van der Waals surface area contributed by atoms with E-state index in [2.05, 4.69) is 31.3 Å². The quantitative estimate of drug-likeness (QED) is 0.729. The van der Waals surface area contributed by atoms with Crippen molar-refractivity contribution in [2.75, 3.05) is 13.1 Å². The lowest BCUT2D eigenvalue weighted by atomic mass is 10.4. The van der Waals surface area contributed by atoms with Crippen molar-refractivity contribution >= 4 is 21.8 Å². The Morgan fingerprint density at radius 3 is 3.15 bits per heavy atom. The van der Waals surface area contributed by atoms with Crippen LogP contribution in [-0.4, -0.2) is 44.1 Å². The molecule has 1 atom stereocenters. The second kappa shape index (κ2) is 3.45. The Kier molecular flexibility index (Phi) is 2.30. The maximum absolute atomic E-state index is 11.6. The highest BCUT2D eigenvalue weighted by Gasteiger charge is 2.26. The second-order valence-electron chi connectivity index (χ2n) is 2.99. The molecule has 1 fully saturated rings. The molecule has 0 saturated carbocycles. The molecule has 1 saturated heterocycles. The van der Waals surface area contributed by atoms with Gasteiger partial charge in [0.1, 0.15) is 0 Å². The van der Waals surface area contributed by atoms with Crippen LogP contribution in [0.15, 0.2) is 6.20 Å². The van der Waals surface area contributed by atoms with Gasteiger partial charge in [-0.05, 0) is 6.42 Å². The minimum atomic E-state index is -0.0456. The summed E-state index contributed by atoms with van der Waals surface area (Å²) >= 11 is 3.47. The number of aromatic nitrogens is 3. The Morgan fingerprint density at radius 1 is 1.77 bits per heavy atom. The molecule has 1 aromatic heterocycles. The predicted molar refractivity (Wildman–Crippen MR) is 49.6 cm³/mol. The number of hydrogen-bond acceptors (Lipinski definition) is 3. The fourth-order valence-electron chi connectivity index (χ4n) is 1.37. The lowest BCUT2D eigenvalue weighted by Gasteiger charge is -2.12. The van der Waals surface area contributed by atoms with Gasteiger partial charge in [0.25, 0.3) is 5.91 Å². The van der Waals surface area contributed by atoms with Crippen molar-refractivity contribution in [2.24, 2.45) is 0 Å². The SMILES string of the molecule is O=C(c1cn[nH]n1)N1CCC(Br)C1. The minimum absolute atomic E-state index is 0.0456. The van der Waals surface area contributed by atoms with Crippen LogP contribution in [-0.2, 0) is 0 Å². The maximum atomic E-state index is 11.6. The van der Waals surface area contributed by atoms with Crippen molar-refractivity contribution in [1.82, 2.24) is 20.3 Å². The van der Waals surface area contributed by atoms with E-state index in [0.717, 1.165) is 19.5 Å². The van der Waals surface area contributed by atoms with Crippen molar-refractivity contribution in [1.29, 1.82) is 0 Å². The molecule has 70 valence electrons. The number of aromatic amines is 1. The molecular formula is C7H9BrN4O. The van der Waals surface area contributed by atoms with E-state index in [1.165, 1.54) is 6.20 Å². The molecule has 0 bridgehead atoms. The van der Waals surface area contributed by atoms with Crippen LogP contribution in [0.3, 0.4) is 0 Å². The predicted octanol–water partition coefficient (Wildman–Crippen LogP) is 0.414. The van der Waals surface area contributed by atoms with E-state index in [9.17, 15) is 4.79 Å². The molecule has 1 amide bonds. The van der Waals surface area contributed by atoms with Crippen molar-refractivity contribution < 1.29 is 4.79 Å². The van der Waals surface area contributed by atoms with Crippen LogP contribution < -0.4 is 0 Å². The van der Waals surface area contributed by atoms with Crippen molar-refractivity contribution in [3.8, 4) is 0 Å². The zero-order valence-corrected chi connectivity index (χ0v) is 8.49. The molecule has 5 nitrogen and oxygen atoms in total. The van der Waals surface area contributed by atoms with Crippen LogP contribution in [0.5, 0.6) is 0 Å². The molecule has 0 aliphatic carbocycles. The molecule has 13 heavy (non-hydrogen) atoms. The monoisotopic (exact) mass is 244 g/mol. The number of carbonyl (C=O) groups is 1. The molecule has 0 spiro atoms. The van der Waals surface area contributed by atoms with Gasteiger partial charge in [0.05, 0.1) is 6.20 Å². The largest absolute Gasteiger partial charge is 0.336 e. The van der Waals surface area contributed by atoms with Gasteiger partial charge < -0.3 is 4.90 Å². The minimum Gasteiger partial charge on any atom is -0.336 e. The number of alkyl halides is 1. The Morgan fingerprint density at radius 2 is 2.62 bits per heavy atom. The van der Waals surface area contributed by atoms with Gasteiger partial charge in [-0.15, -0.1) is 0 Å². The Hall–Kier alpha value is -0.910. The second-order valence-corrected chi connectivity index (χ2v) is 4.29. The lowest BCUT2D eigenvalue weighted by Crippen LogP contribution is -2.29. The number of amides is 1. The summed E-state index contributed by atoms with van der Waals surface area (Å²) in [6.07, 6.45) is 2.45. The van der Waals surface area contributed by atoms with Gasteiger partial charge in [-0.2, -0.15) is 15.4 Å². The number of hydrogen-bond donors (Lipinski definition) is 1. The fraction of sp³-hybridized carbons (Fsp3) is 0.571. The van der Waals surface area contributed by atoms with Gasteiger partial charge in [-0.3, -0.25) is 4.79 Å². The Labute approximate surface area is 83.6 Å². The van der Waals surface area contributed by atoms with Crippen molar-refractivity contribution in [2.45, 2.75) is 11.2 Å². The zero-order chi connectivity index (χ0) is 9.26. The first-order valence-corrected chi connectivity index (χ1v) is 4.98. The smallest absolute Gasteiger partial charge is 0.276 e. The molecule has 2 rings (SSSR count). The van der Waals surface area contributed by atoms with Crippen LogP contribution >= 0.6 is 15.9 Å². The Bertz CT molecular complexity index is 299. The number of nitrogens with zero attached hydrogens (tertiary/aromatic N) is 3. The number of H-pyrrole nitrogens is 1. The van der Waals surface area contributed by atoms with E-state index in [4.69, 9.17) is 0 Å². The number of halogens is 1. The first-order chi connectivity index (χ1) is 6.27. The van der Waals surface area contributed by atoms with Gasteiger partial charge in [0.15, 0.2) is 5.69 Å². The van der Waals surface area contributed by atoms with Crippen molar-refractivity contribution in [3.63, 3.8) is 0 Å². The van der Waals surface area contributed by atoms with Gasteiger partial charge in [0, 0.05) is 17.9 Å². The van der Waals surface area contributed by atoms with E-state index < -0.39 is 0 Å². The average Bonchev–Trinajstić information content (AvgIpc) is 2.72. The normalized spacial score (nSPS) is 22.2. The van der Waals surface area contributed by atoms with E-state index in [1.807, 2.05) is 0 Å². The van der Waals surface area contributed by atoms with Gasteiger partial charge in [-0.1, -0.05) is 15.9 Å². The fourth-order valence-corrected chi connectivity index (χ4v) is 1.92. The van der Waals surface area contributed by atoms with E-state index in [0.29, 0.717) is 10.5 Å². The van der Waals surface area contributed by atoms with E-state index in [1.54, 1.807) is 4.90 Å². The summed E-state index contributed by atoms with van der Waals surface area (Å²) in [5.41, 5.74) is 0.390. The first kappa shape index (κ1) is 8.68. The molecule has 1 N–H and O–H groups in total. The standard InChI is InChI=1S/C7H9BrN4O/c8-5-1-2-12(4-5)7(13)6-3-9-11-10-6/h3,5H,1-2,4H2,(H,9,10,11).